The molecule has 3 aromatic carbocycles. The second-order valence-electron chi connectivity index (χ2n) is 8.25. The van der Waals surface area contributed by atoms with Crippen molar-refractivity contribution in [1.29, 1.82) is 0 Å². The predicted molar refractivity (Wildman–Crippen MR) is 130 cm³/mol. The van der Waals surface area contributed by atoms with Crippen molar-refractivity contribution in [2.24, 2.45) is 0 Å². The Balaban J connectivity index is 1.87. The van der Waals surface area contributed by atoms with E-state index in [2.05, 4.69) is 10.6 Å². The molecule has 38 heavy (non-hydrogen) atoms. The summed E-state index contributed by atoms with van der Waals surface area (Å²) in [5.41, 5.74) is -7.52. The number of alkyl halides is 7. The number of amides is 2. The Bertz CT molecular complexity index is 1370. The van der Waals surface area contributed by atoms with Crippen LogP contribution < -0.4 is 10.6 Å². The van der Waals surface area contributed by atoms with Gasteiger partial charge < -0.3 is 10.6 Å². The van der Waals surface area contributed by atoms with Crippen LogP contribution in [0.1, 0.15) is 37.4 Å². The fourth-order valence-electron chi connectivity index (χ4n) is 3.64. The molecule has 0 saturated carbocycles. The predicted octanol–water partition coefficient (Wildman–Crippen LogP) is 8.40. The van der Waals surface area contributed by atoms with Crippen LogP contribution in [0, 0.1) is 13.8 Å². The molecule has 3 rings (SSSR count). The molecule has 0 unspecified atom stereocenters. The third-order valence-corrected chi connectivity index (χ3v) is 6.06. The molecule has 0 aliphatic heterocycles. The van der Waals surface area contributed by atoms with Gasteiger partial charge >= 0.3 is 18.0 Å². The van der Waals surface area contributed by atoms with Gasteiger partial charge in [0.2, 0.25) is 0 Å². The molecule has 202 valence electrons. The lowest BCUT2D eigenvalue weighted by atomic mass is 9.90. The first-order chi connectivity index (χ1) is 17.5. The number of rotatable bonds is 5. The second kappa shape index (κ2) is 10.5. The molecular weight excluding hydrogens is 564 g/mol. The van der Waals surface area contributed by atoms with E-state index in [0.717, 1.165) is 13.8 Å². The Morgan fingerprint density at radius 1 is 0.737 bits per heavy atom. The molecular formula is C25H17Cl2F7N2O2. The third-order valence-electron chi connectivity index (χ3n) is 5.51. The van der Waals surface area contributed by atoms with Gasteiger partial charge in [-0.3, -0.25) is 9.59 Å². The zero-order valence-corrected chi connectivity index (χ0v) is 20.9. The van der Waals surface area contributed by atoms with Gasteiger partial charge in [-0.05, 0) is 61.4 Å². The highest BCUT2D eigenvalue weighted by Crippen LogP contribution is 2.53. The lowest BCUT2D eigenvalue weighted by Crippen LogP contribution is -2.50. The Kier molecular flexibility index (Phi) is 8.05. The van der Waals surface area contributed by atoms with Crippen molar-refractivity contribution in [3.05, 3.63) is 92.5 Å². The number of nitrogens with one attached hydrogen (secondary N) is 2. The largest absolute Gasteiger partial charge is 0.435 e. The van der Waals surface area contributed by atoms with E-state index >= 15 is 0 Å². The summed E-state index contributed by atoms with van der Waals surface area (Å²) in [6, 6.07) is 10.5. The smallest absolute Gasteiger partial charge is 0.322 e. The average molecular weight is 581 g/mol. The van der Waals surface area contributed by atoms with Crippen LogP contribution >= 0.6 is 23.2 Å². The first-order valence-electron chi connectivity index (χ1n) is 10.6. The molecule has 0 bridgehead atoms. The molecule has 2 amide bonds. The maximum Gasteiger partial charge on any atom is 0.435 e. The molecule has 0 aliphatic carbocycles. The molecule has 4 nitrogen and oxygen atoms in total. The molecule has 0 radical (unpaired) electrons. The summed E-state index contributed by atoms with van der Waals surface area (Å²) >= 11 is 11.8. The Labute approximate surface area is 221 Å². The van der Waals surface area contributed by atoms with Gasteiger partial charge in [-0.25, -0.2) is 4.39 Å². The maximum absolute atomic E-state index is 14.5. The van der Waals surface area contributed by atoms with Crippen molar-refractivity contribution in [2.45, 2.75) is 31.9 Å². The van der Waals surface area contributed by atoms with Gasteiger partial charge in [0.25, 0.3) is 11.8 Å². The fourth-order valence-corrected chi connectivity index (χ4v) is 4.14. The van der Waals surface area contributed by atoms with Gasteiger partial charge in [0.05, 0.1) is 10.6 Å². The molecule has 2 N–H and O–H groups in total. The lowest BCUT2D eigenvalue weighted by Gasteiger charge is -2.31. The highest BCUT2D eigenvalue weighted by atomic mass is 35.5. The second-order valence-corrected chi connectivity index (χ2v) is 9.10. The molecule has 0 aromatic heterocycles. The molecule has 0 atom stereocenters. The van der Waals surface area contributed by atoms with Crippen LogP contribution in [-0.4, -0.2) is 24.2 Å². The van der Waals surface area contributed by atoms with Crippen LogP contribution in [0.4, 0.5) is 42.1 Å². The van der Waals surface area contributed by atoms with Gasteiger partial charge in [-0.15, -0.1) is 0 Å². The minimum absolute atomic E-state index is 0.00157. The first-order valence-corrected chi connectivity index (χ1v) is 11.3. The zero-order valence-electron chi connectivity index (χ0n) is 19.4. The van der Waals surface area contributed by atoms with Crippen molar-refractivity contribution < 1.29 is 40.3 Å². The highest BCUT2D eigenvalue weighted by Gasteiger charge is 2.73. The Morgan fingerprint density at radius 2 is 1.32 bits per heavy atom. The van der Waals surface area contributed by atoms with Crippen LogP contribution in [0.25, 0.3) is 0 Å². The topological polar surface area (TPSA) is 58.2 Å². The van der Waals surface area contributed by atoms with Crippen LogP contribution in [0.5, 0.6) is 0 Å². The van der Waals surface area contributed by atoms with E-state index in [4.69, 9.17) is 23.2 Å². The third kappa shape index (κ3) is 5.73. The summed E-state index contributed by atoms with van der Waals surface area (Å²) < 4.78 is 93.4. The van der Waals surface area contributed by atoms with Crippen LogP contribution in [0.2, 0.25) is 10.0 Å². The molecule has 3 aromatic rings. The van der Waals surface area contributed by atoms with E-state index in [-0.39, 0.29) is 38.7 Å². The number of carbonyl (C=O) groups excluding carboxylic acids is 2. The van der Waals surface area contributed by atoms with Crippen molar-refractivity contribution in [1.82, 2.24) is 0 Å². The fraction of sp³-hybridized carbons (Fsp3) is 0.200. The van der Waals surface area contributed by atoms with E-state index in [1.54, 1.807) is 0 Å². The molecule has 0 fully saturated rings. The number of benzene rings is 3. The number of hydrogen-bond acceptors (Lipinski definition) is 2. The van der Waals surface area contributed by atoms with Gasteiger partial charge in [0, 0.05) is 27.5 Å². The minimum Gasteiger partial charge on any atom is -0.322 e. The minimum atomic E-state index is -6.27. The number of anilines is 2. The van der Waals surface area contributed by atoms with E-state index in [1.165, 1.54) is 42.5 Å². The SMILES string of the molecule is Cc1cc(C(F)(C(F)(F)F)C(F)(F)F)cc(C)c1NC(=O)c1cccc(NC(=O)c2ccc(Cl)cc2Cl)c1. The Hall–Kier alpha value is -3.31. The number of aryl methyl sites for hydroxylation is 2. The summed E-state index contributed by atoms with van der Waals surface area (Å²) in [7, 11) is 0. The quantitative estimate of drug-likeness (QED) is 0.298. The standard InChI is InChI=1S/C25H17Cl2F7N2O2/c1-12-8-15(23(28,24(29,30)31)25(32,33)34)9-13(2)20(12)36-21(37)14-4-3-5-17(10-14)35-22(38)18-7-6-16(26)11-19(18)27/h3-11H,1-2H3,(H,35,38)(H,36,37). The van der Waals surface area contributed by atoms with E-state index in [9.17, 15) is 40.3 Å². The first kappa shape index (κ1) is 29.2. The number of carbonyl (C=O) groups is 2. The van der Waals surface area contributed by atoms with E-state index in [1.807, 2.05) is 0 Å². The summed E-state index contributed by atoms with van der Waals surface area (Å²) in [5.74, 6) is -1.39. The van der Waals surface area contributed by atoms with Crippen LogP contribution in [-0.2, 0) is 5.67 Å². The van der Waals surface area contributed by atoms with Gasteiger partial charge in [-0.2, -0.15) is 26.3 Å². The van der Waals surface area contributed by atoms with Crippen molar-refractivity contribution >= 4 is 46.4 Å². The average Bonchev–Trinajstić information content (AvgIpc) is 2.79. The van der Waals surface area contributed by atoms with Crippen LogP contribution in [0.3, 0.4) is 0 Å². The number of halogens is 9. The van der Waals surface area contributed by atoms with Gasteiger partial charge in [-0.1, -0.05) is 41.4 Å². The monoisotopic (exact) mass is 580 g/mol. The van der Waals surface area contributed by atoms with Crippen molar-refractivity contribution in [2.75, 3.05) is 10.6 Å². The van der Waals surface area contributed by atoms with Crippen LogP contribution in [0.15, 0.2) is 54.6 Å². The van der Waals surface area contributed by atoms with Gasteiger partial charge in [0.1, 0.15) is 0 Å². The van der Waals surface area contributed by atoms with Crippen molar-refractivity contribution in [3.63, 3.8) is 0 Å². The summed E-state index contributed by atoms with van der Waals surface area (Å²) in [4.78, 5) is 25.4. The molecule has 13 heteroatoms. The highest BCUT2D eigenvalue weighted by molar-refractivity contribution is 6.37. The van der Waals surface area contributed by atoms with E-state index in [0.29, 0.717) is 17.2 Å². The van der Waals surface area contributed by atoms with Gasteiger partial charge in [0.15, 0.2) is 0 Å². The zero-order chi connectivity index (χ0) is 28.6. The normalized spacial score (nSPS) is 12.3. The molecule has 0 aliphatic rings. The molecule has 0 saturated heterocycles. The summed E-state index contributed by atoms with van der Waals surface area (Å²) in [5, 5.41) is 5.36. The molecule has 0 heterocycles. The lowest BCUT2D eigenvalue weighted by molar-refractivity contribution is -0.348. The molecule has 0 spiro atoms. The number of hydrogen-bond donors (Lipinski definition) is 2. The van der Waals surface area contributed by atoms with E-state index < -0.39 is 35.4 Å². The maximum atomic E-state index is 14.5. The summed E-state index contributed by atoms with van der Waals surface area (Å²) in [6.07, 6.45) is -12.5. The Morgan fingerprint density at radius 3 is 1.84 bits per heavy atom. The summed E-state index contributed by atoms with van der Waals surface area (Å²) in [6.45, 7) is 2.26. The van der Waals surface area contributed by atoms with Crippen molar-refractivity contribution in [3.8, 4) is 0 Å².